The highest BCUT2D eigenvalue weighted by atomic mass is 19.4. The molecule has 0 bridgehead atoms. The molecule has 0 radical (unpaired) electrons. The number of nitrogens with one attached hydrogen (secondary N) is 3. The number of aryl methyl sites for hydroxylation is 1. The van der Waals surface area contributed by atoms with Gasteiger partial charge in [-0.25, -0.2) is 9.97 Å². The molecule has 0 aliphatic carbocycles. The van der Waals surface area contributed by atoms with Gasteiger partial charge in [0.25, 0.3) is 5.91 Å². The van der Waals surface area contributed by atoms with Crippen molar-refractivity contribution < 1.29 is 18.0 Å². The van der Waals surface area contributed by atoms with Crippen molar-refractivity contribution in [2.75, 3.05) is 30.3 Å². The van der Waals surface area contributed by atoms with Crippen molar-refractivity contribution in [3.63, 3.8) is 0 Å². The maximum Gasteiger partial charge on any atom is 0.416 e. The molecule has 0 unspecified atom stereocenters. The number of anilines is 2. The summed E-state index contributed by atoms with van der Waals surface area (Å²) in [6.45, 7) is 5.17. The van der Waals surface area contributed by atoms with Crippen LogP contribution < -0.4 is 16.0 Å². The van der Waals surface area contributed by atoms with E-state index in [0.717, 1.165) is 30.8 Å². The van der Waals surface area contributed by atoms with Gasteiger partial charge in [0.15, 0.2) is 0 Å². The quantitative estimate of drug-likeness (QED) is 0.656. The van der Waals surface area contributed by atoms with Crippen molar-refractivity contribution in [2.24, 2.45) is 0 Å². The van der Waals surface area contributed by atoms with E-state index >= 15 is 0 Å². The molecule has 0 saturated heterocycles. The molecule has 1 amide bonds. The molecule has 0 saturated carbocycles. The van der Waals surface area contributed by atoms with Crippen molar-refractivity contribution in [2.45, 2.75) is 20.0 Å². The summed E-state index contributed by atoms with van der Waals surface area (Å²) >= 11 is 0. The first-order valence-electron chi connectivity index (χ1n) is 8.08. The summed E-state index contributed by atoms with van der Waals surface area (Å²) in [6, 6.07) is 5.84. The maximum atomic E-state index is 12.5. The van der Waals surface area contributed by atoms with E-state index in [4.69, 9.17) is 0 Å². The Balaban J connectivity index is 1.83. The molecular weight excluding hydrogens is 347 g/mol. The van der Waals surface area contributed by atoms with Gasteiger partial charge in [0.1, 0.15) is 17.5 Å². The van der Waals surface area contributed by atoms with Gasteiger partial charge in [-0.1, -0.05) is 0 Å². The molecule has 2 aromatic rings. The van der Waals surface area contributed by atoms with Crippen LogP contribution in [0.4, 0.5) is 24.8 Å². The molecule has 6 nitrogen and oxygen atoms in total. The van der Waals surface area contributed by atoms with E-state index in [-0.39, 0.29) is 5.56 Å². The summed E-state index contributed by atoms with van der Waals surface area (Å²) in [6.07, 6.45) is -4.42. The standard InChI is InChI=1S/C17H20F3N5O/c1-3-21-14-10-15(25-11(2)24-14)22-8-9-23-16(26)12-4-6-13(7-5-12)17(18,19)20/h4-7,10H,3,8-9H2,1-2H3,(H,23,26)(H2,21,22,24,25). The first kappa shape index (κ1) is 19.5. The van der Waals surface area contributed by atoms with E-state index in [2.05, 4.69) is 25.9 Å². The number of nitrogens with zero attached hydrogens (tertiary/aromatic N) is 2. The fraction of sp³-hybridized carbons (Fsp3) is 0.353. The van der Waals surface area contributed by atoms with Crippen LogP contribution in [0, 0.1) is 6.92 Å². The third-order valence-electron chi connectivity index (χ3n) is 3.39. The molecule has 0 spiro atoms. The van der Waals surface area contributed by atoms with Crippen LogP contribution in [0.3, 0.4) is 0 Å². The van der Waals surface area contributed by atoms with Crippen LogP contribution in [0.25, 0.3) is 0 Å². The Morgan fingerprint density at radius 3 is 2.23 bits per heavy atom. The van der Waals surface area contributed by atoms with Crippen molar-refractivity contribution in [1.82, 2.24) is 15.3 Å². The zero-order valence-electron chi connectivity index (χ0n) is 14.4. The lowest BCUT2D eigenvalue weighted by molar-refractivity contribution is -0.137. The lowest BCUT2D eigenvalue weighted by atomic mass is 10.1. The zero-order valence-corrected chi connectivity index (χ0v) is 14.4. The van der Waals surface area contributed by atoms with Gasteiger partial charge in [0.2, 0.25) is 0 Å². The third kappa shape index (κ3) is 5.61. The van der Waals surface area contributed by atoms with E-state index < -0.39 is 17.6 Å². The van der Waals surface area contributed by atoms with Gasteiger partial charge >= 0.3 is 6.18 Å². The monoisotopic (exact) mass is 367 g/mol. The Labute approximate surface area is 149 Å². The molecule has 3 N–H and O–H groups in total. The Kier molecular flexibility index (Phi) is 6.37. The van der Waals surface area contributed by atoms with E-state index in [9.17, 15) is 18.0 Å². The fourth-order valence-corrected chi connectivity index (χ4v) is 2.21. The molecule has 0 aliphatic rings. The smallest absolute Gasteiger partial charge is 0.370 e. The summed E-state index contributed by atoms with van der Waals surface area (Å²) in [5.74, 6) is 1.50. The Bertz CT molecular complexity index is 747. The summed E-state index contributed by atoms with van der Waals surface area (Å²) in [4.78, 5) is 20.4. The number of amides is 1. The van der Waals surface area contributed by atoms with Gasteiger partial charge in [0.05, 0.1) is 5.56 Å². The first-order chi connectivity index (χ1) is 12.3. The minimum absolute atomic E-state index is 0.172. The normalized spacial score (nSPS) is 11.1. The second-order valence-corrected chi connectivity index (χ2v) is 5.47. The van der Waals surface area contributed by atoms with Crippen LogP contribution in [-0.2, 0) is 6.18 Å². The number of benzene rings is 1. The number of hydrogen-bond acceptors (Lipinski definition) is 5. The summed E-state index contributed by atoms with van der Waals surface area (Å²) < 4.78 is 37.5. The van der Waals surface area contributed by atoms with Crippen molar-refractivity contribution in [3.8, 4) is 0 Å². The number of rotatable bonds is 7. The van der Waals surface area contributed by atoms with E-state index in [0.29, 0.717) is 30.5 Å². The van der Waals surface area contributed by atoms with Gasteiger partial charge in [-0.2, -0.15) is 13.2 Å². The second-order valence-electron chi connectivity index (χ2n) is 5.47. The van der Waals surface area contributed by atoms with E-state index in [1.807, 2.05) is 6.92 Å². The largest absolute Gasteiger partial charge is 0.416 e. The number of hydrogen-bond donors (Lipinski definition) is 3. The highest BCUT2D eigenvalue weighted by Crippen LogP contribution is 2.29. The van der Waals surface area contributed by atoms with Gasteiger partial charge in [-0.05, 0) is 38.1 Å². The van der Waals surface area contributed by atoms with Crippen LogP contribution >= 0.6 is 0 Å². The van der Waals surface area contributed by atoms with Crippen molar-refractivity contribution >= 4 is 17.5 Å². The van der Waals surface area contributed by atoms with Gasteiger partial charge < -0.3 is 16.0 Å². The van der Waals surface area contributed by atoms with Crippen LogP contribution in [0.5, 0.6) is 0 Å². The summed E-state index contributed by atoms with van der Waals surface area (Å²) in [5, 5.41) is 8.80. The molecular formula is C17H20F3N5O. The lowest BCUT2D eigenvalue weighted by Gasteiger charge is -2.10. The fourth-order valence-electron chi connectivity index (χ4n) is 2.21. The molecule has 1 aromatic carbocycles. The van der Waals surface area contributed by atoms with Crippen LogP contribution in [0.15, 0.2) is 30.3 Å². The number of aromatic nitrogens is 2. The second kappa shape index (κ2) is 8.50. The number of carbonyl (C=O) groups is 1. The van der Waals surface area contributed by atoms with Crippen LogP contribution in [-0.4, -0.2) is 35.5 Å². The summed E-state index contributed by atoms with van der Waals surface area (Å²) in [7, 11) is 0. The Hall–Kier alpha value is -2.84. The Morgan fingerprint density at radius 1 is 1.04 bits per heavy atom. The van der Waals surface area contributed by atoms with Crippen LogP contribution in [0.1, 0.15) is 28.7 Å². The van der Waals surface area contributed by atoms with E-state index in [1.54, 1.807) is 13.0 Å². The predicted octanol–water partition coefficient (Wildman–Crippen LogP) is 3.08. The first-order valence-corrected chi connectivity index (χ1v) is 8.08. The molecule has 0 atom stereocenters. The molecule has 140 valence electrons. The van der Waals surface area contributed by atoms with E-state index in [1.165, 1.54) is 0 Å². The Morgan fingerprint density at radius 2 is 1.65 bits per heavy atom. The zero-order chi connectivity index (χ0) is 19.2. The number of halogens is 3. The predicted molar refractivity (Wildman–Crippen MR) is 93.2 cm³/mol. The van der Waals surface area contributed by atoms with Gasteiger partial charge in [-0.3, -0.25) is 4.79 Å². The average molecular weight is 367 g/mol. The highest BCUT2D eigenvalue weighted by molar-refractivity contribution is 5.94. The lowest BCUT2D eigenvalue weighted by Crippen LogP contribution is -2.29. The summed E-state index contributed by atoms with van der Waals surface area (Å²) in [5.41, 5.74) is -0.614. The minimum atomic E-state index is -4.42. The molecule has 0 aliphatic heterocycles. The number of carbonyl (C=O) groups excluding carboxylic acids is 1. The van der Waals surface area contributed by atoms with Crippen molar-refractivity contribution in [3.05, 3.63) is 47.3 Å². The maximum absolute atomic E-state index is 12.5. The third-order valence-corrected chi connectivity index (χ3v) is 3.39. The van der Waals surface area contributed by atoms with Crippen molar-refractivity contribution in [1.29, 1.82) is 0 Å². The topological polar surface area (TPSA) is 78.9 Å². The van der Waals surface area contributed by atoms with Gasteiger partial charge in [0, 0.05) is 31.3 Å². The highest BCUT2D eigenvalue weighted by Gasteiger charge is 2.30. The minimum Gasteiger partial charge on any atom is -0.370 e. The molecule has 26 heavy (non-hydrogen) atoms. The molecule has 1 aromatic heterocycles. The SMILES string of the molecule is CCNc1cc(NCCNC(=O)c2ccc(C(F)(F)F)cc2)nc(C)n1. The molecule has 9 heteroatoms. The number of alkyl halides is 3. The molecule has 0 fully saturated rings. The molecule has 2 rings (SSSR count). The van der Waals surface area contributed by atoms with Crippen LogP contribution in [0.2, 0.25) is 0 Å². The molecule has 1 heterocycles. The van der Waals surface area contributed by atoms with Gasteiger partial charge in [-0.15, -0.1) is 0 Å². The average Bonchev–Trinajstić information content (AvgIpc) is 2.58.